The lowest BCUT2D eigenvalue weighted by Crippen LogP contribution is -2.27. The number of rotatable bonds is 5. The fourth-order valence-corrected chi connectivity index (χ4v) is 4.45. The average Bonchev–Trinajstić information content (AvgIpc) is 3.04. The zero-order valence-electron chi connectivity index (χ0n) is 16.5. The van der Waals surface area contributed by atoms with Crippen LogP contribution in [0, 0.1) is 9.39 Å². The highest BCUT2D eigenvalue weighted by atomic mass is 127. The van der Waals surface area contributed by atoms with E-state index in [1.54, 1.807) is 60.7 Å². The molecular formula is C24H15FINO4S. The molecule has 0 radical (unpaired) electrons. The Morgan fingerprint density at radius 2 is 1.69 bits per heavy atom. The molecular weight excluding hydrogens is 544 g/mol. The monoisotopic (exact) mass is 559 g/mol. The Kier molecular flexibility index (Phi) is 6.71. The number of imide groups is 1. The van der Waals surface area contributed by atoms with Crippen molar-refractivity contribution < 1.29 is 23.5 Å². The van der Waals surface area contributed by atoms with Gasteiger partial charge in [-0.05, 0) is 76.3 Å². The predicted octanol–water partition coefficient (Wildman–Crippen LogP) is 5.89. The molecule has 3 aromatic carbocycles. The van der Waals surface area contributed by atoms with Crippen LogP contribution in [0.1, 0.15) is 21.5 Å². The van der Waals surface area contributed by atoms with Gasteiger partial charge in [0.15, 0.2) is 0 Å². The maximum Gasteiger partial charge on any atom is 0.344 e. The van der Waals surface area contributed by atoms with Gasteiger partial charge in [-0.25, -0.2) is 9.18 Å². The molecule has 0 spiro atoms. The summed E-state index contributed by atoms with van der Waals surface area (Å²) in [6, 6.07) is 19.7. The van der Waals surface area contributed by atoms with E-state index in [1.807, 2.05) is 12.1 Å². The van der Waals surface area contributed by atoms with Crippen LogP contribution in [0.25, 0.3) is 6.08 Å². The molecule has 0 bridgehead atoms. The molecule has 0 aliphatic carbocycles. The number of esters is 1. The first-order chi connectivity index (χ1) is 15.4. The molecule has 1 fully saturated rings. The van der Waals surface area contributed by atoms with E-state index in [9.17, 15) is 18.8 Å². The quantitative estimate of drug-likeness (QED) is 0.169. The van der Waals surface area contributed by atoms with Gasteiger partial charge in [0.25, 0.3) is 11.1 Å². The van der Waals surface area contributed by atoms with Crippen LogP contribution in [0.2, 0.25) is 0 Å². The Bertz CT molecular complexity index is 1240. The Morgan fingerprint density at radius 1 is 1.00 bits per heavy atom. The molecule has 4 rings (SSSR count). The highest BCUT2D eigenvalue weighted by Crippen LogP contribution is 2.33. The summed E-state index contributed by atoms with van der Waals surface area (Å²) in [7, 11) is 0. The molecule has 0 unspecified atom stereocenters. The molecule has 0 N–H and O–H groups in total. The number of benzene rings is 3. The molecule has 8 heteroatoms. The van der Waals surface area contributed by atoms with Crippen LogP contribution in [-0.4, -0.2) is 22.0 Å². The van der Waals surface area contributed by atoms with Crippen molar-refractivity contribution in [2.75, 3.05) is 0 Å². The van der Waals surface area contributed by atoms with E-state index in [0.29, 0.717) is 16.9 Å². The number of carbonyl (C=O) groups is 3. The van der Waals surface area contributed by atoms with Crippen LogP contribution >= 0.6 is 34.4 Å². The van der Waals surface area contributed by atoms with Gasteiger partial charge in [-0.3, -0.25) is 14.5 Å². The smallest absolute Gasteiger partial charge is 0.344 e. The third kappa shape index (κ3) is 4.91. The molecule has 1 aliphatic rings. The van der Waals surface area contributed by atoms with Crippen molar-refractivity contribution in [3.05, 3.63) is 104 Å². The molecule has 0 atom stereocenters. The van der Waals surface area contributed by atoms with Gasteiger partial charge in [-0.2, -0.15) is 0 Å². The van der Waals surface area contributed by atoms with E-state index in [2.05, 4.69) is 22.6 Å². The second kappa shape index (κ2) is 9.66. The highest BCUT2D eigenvalue weighted by molar-refractivity contribution is 14.1. The summed E-state index contributed by atoms with van der Waals surface area (Å²) in [5.74, 6) is -1.04. The minimum Gasteiger partial charge on any atom is -0.423 e. The molecule has 2 amide bonds. The molecule has 0 aromatic heterocycles. The normalized spacial score (nSPS) is 14.8. The van der Waals surface area contributed by atoms with E-state index in [-0.39, 0.29) is 17.0 Å². The molecule has 5 nitrogen and oxygen atoms in total. The number of thioether (sulfide) groups is 1. The fraction of sp³-hybridized carbons (Fsp3) is 0.0417. The standard InChI is InChI=1S/C24H15FINO4S/c25-19-7-3-1-5-16(19)14-27-22(28)21(32-24(27)30)13-15-9-11-17(12-10-15)31-23(29)18-6-2-4-8-20(18)26/h1-13H,14H2/b21-13-. The van der Waals surface area contributed by atoms with Gasteiger partial charge < -0.3 is 4.74 Å². The van der Waals surface area contributed by atoms with Gasteiger partial charge in [-0.15, -0.1) is 0 Å². The van der Waals surface area contributed by atoms with Crippen molar-refractivity contribution in [3.63, 3.8) is 0 Å². The maximum atomic E-state index is 13.9. The zero-order valence-corrected chi connectivity index (χ0v) is 19.4. The Hall–Kier alpha value is -2.98. The lowest BCUT2D eigenvalue weighted by molar-refractivity contribution is -0.123. The Labute approximate surface area is 201 Å². The van der Waals surface area contributed by atoms with Crippen LogP contribution in [-0.2, 0) is 11.3 Å². The van der Waals surface area contributed by atoms with Crippen molar-refractivity contribution in [1.29, 1.82) is 0 Å². The molecule has 1 aliphatic heterocycles. The SMILES string of the molecule is O=C(Oc1ccc(/C=C2\SC(=O)N(Cc3ccccc3F)C2=O)cc1)c1ccccc1I. The second-order valence-corrected chi connectivity index (χ2v) is 8.95. The summed E-state index contributed by atoms with van der Waals surface area (Å²) < 4.78 is 20.1. The van der Waals surface area contributed by atoms with Gasteiger partial charge in [0.1, 0.15) is 11.6 Å². The van der Waals surface area contributed by atoms with E-state index in [1.165, 1.54) is 6.07 Å². The fourth-order valence-electron chi connectivity index (χ4n) is 3.01. The lowest BCUT2D eigenvalue weighted by Gasteiger charge is -2.12. The van der Waals surface area contributed by atoms with Gasteiger partial charge in [0.05, 0.1) is 17.0 Å². The van der Waals surface area contributed by atoms with Crippen molar-refractivity contribution in [2.24, 2.45) is 0 Å². The van der Waals surface area contributed by atoms with Gasteiger partial charge in [0.2, 0.25) is 0 Å². The summed E-state index contributed by atoms with van der Waals surface area (Å²) in [6.45, 7) is -0.123. The van der Waals surface area contributed by atoms with Crippen molar-refractivity contribution in [2.45, 2.75) is 6.54 Å². The third-order valence-corrected chi connectivity index (χ3v) is 6.49. The number of hydrogen-bond acceptors (Lipinski definition) is 5. The van der Waals surface area contributed by atoms with Crippen molar-refractivity contribution in [1.82, 2.24) is 4.90 Å². The van der Waals surface area contributed by atoms with Gasteiger partial charge >= 0.3 is 5.97 Å². The summed E-state index contributed by atoms with van der Waals surface area (Å²) in [5, 5.41) is -0.451. The average molecular weight is 559 g/mol. The van der Waals surface area contributed by atoms with E-state index >= 15 is 0 Å². The van der Waals surface area contributed by atoms with Crippen LogP contribution < -0.4 is 4.74 Å². The Balaban J connectivity index is 1.45. The molecule has 1 saturated heterocycles. The predicted molar refractivity (Wildman–Crippen MR) is 128 cm³/mol. The molecule has 0 saturated carbocycles. The first-order valence-electron chi connectivity index (χ1n) is 9.48. The van der Waals surface area contributed by atoms with Gasteiger partial charge in [-0.1, -0.05) is 42.5 Å². The van der Waals surface area contributed by atoms with E-state index in [0.717, 1.165) is 20.2 Å². The maximum absolute atomic E-state index is 13.9. The molecule has 1 heterocycles. The van der Waals surface area contributed by atoms with Crippen LogP contribution in [0.3, 0.4) is 0 Å². The number of ether oxygens (including phenoxy) is 1. The highest BCUT2D eigenvalue weighted by Gasteiger charge is 2.35. The van der Waals surface area contributed by atoms with Crippen molar-refractivity contribution >= 4 is 57.5 Å². The second-order valence-electron chi connectivity index (χ2n) is 6.80. The first kappa shape index (κ1) is 22.2. The summed E-state index contributed by atoms with van der Waals surface area (Å²) >= 11 is 2.87. The number of carbonyl (C=O) groups excluding carboxylic acids is 3. The molecule has 160 valence electrons. The zero-order chi connectivity index (χ0) is 22.7. The van der Waals surface area contributed by atoms with Crippen LogP contribution in [0.15, 0.2) is 77.7 Å². The number of nitrogens with zero attached hydrogens (tertiary/aromatic N) is 1. The summed E-state index contributed by atoms with van der Waals surface area (Å²) in [5.41, 5.74) is 1.41. The lowest BCUT2D eigenvalue weighted by atomic mass is 10.2. The van der Waals surface area contributed by atoms with Crippen LogP contribution in [0.5, 0.6) is 5.75 Å². The van der Waals surface area contributed by atoms with Crippen molar-refractivity contribution in [3.8, 4) is 5.75 Å². The summed E-state index contributed by atoms with van der Waals surface area (Å²) in [6.07, 6.45) is 1.58. The van der Waals surface area contributed by atoms with E-state index < -0.39 is 22.9 Å². The number of amides is 2. The summed E-state index contributed by atoms with van der Waals surface area (Å²) in [4.78, 5) is 38.5. The topological polar surface area (TPSA) is 63.7 Å². The largest absolute Gasteiger partial charge is 0.423 e. The van der Waals surface area contributed by atoms with Crippen LogP contribution in [0.4, 0.5) is 9.18 Å². The number of halogens is 2. The Morgan fingerprint density at radius 3 is 2.41 bits per heavy atom. The molecule has 32 heavy (non-hydrogen) atoms. The van der Waals surface area contributed by atoms with Gasteiger partial charge in [0, 0.05) is 9.13 Å². The number of hydrogen-bond donors (Lipinski definition) is 0. The van der Waals surface area contributed by atoms with E-state index in [4.69, 9.17) is 4.74 Å². The third-order valence-electron chi connectivity index (χ3n) is 4.64. The minimum atomic E-state index is -0.475. The minimum absolute atomic E-state index is 0.123. The molecule has 3 aromatic rings. The first-order valence-corrected chi connectivity index (χ1v) is 11.4.